The smallest absolute Gasteiger partial charge is 0.230 e. The average molecular weight is 532 g/mol. The molecule has 1 saturated carbocycles. The number of aromatic nitrogens is 3. The maximum atomic E-state index is 12.5. The zero-order valence-corrected chi connectivity index (χ0v) is 23.8. The number of likely N-dealkylation sites (tertiary alicyclic amines) is 1. The van der Waals surface area contributed by atoms with Crippen molar-refractivity contribution < 1.29 is 14.4 Å². The van der Waals surface area contributed by atoms with Gasteiger partial charge in [-0.15, -0.1) is 0 Å². The van der Waals surface area contributed by atoms with Crippen LogP contribution in [0, 0.1) is 5.41 Å². The summed E-state index contributed by atoms with van der Waals surface area (Å²) in [7, 11) is 2.07. The molecule has 1 aromatic carbocycles. The van der Waals surface area contributed by atoms with E-state index in [0.29, 0.717) is 24.1 Å². The van der Waals surface area contributed by atoms with Crippen molar-refractivity contribution in [3.05, 3.63) is 65.3 Å². The minimum absolute atomic E-state index is 0.101. The first-order chi connectivity index (χ1) is 18.6. The van der Waals surface area contributed by atoms with Crippen LogP contribution in [-0.2, 0) is 10.4 Å². The van der Waals surface area contributed by atoms with Gasteiger partial charge in [-0.2, -0.15) is 4.98 Å². The summed E-state index contributed by atoms with van der Waals surface area (Å²) >= 11 is 0. The second-order valence-electron chi connectivity index (χ2n) is 12.1. The van der Waals surface area contributed by atoms with Crippen LogP contribution in [-0.4, -0.2) is 57.2 Å². The Bertz CT molecular complexity index is 1290. The molecule has 0 bridgehead atoms. The molecular weight excluding hydrogens is 490 g/mol. The van der Waals surface area contributed by atoms with Crippen molar-refractivity contribution in [2.24, 2.45) is 5.41 Å². The molecule has 0 radical (unpaired) electrons. The van der Waals surface area contributed by atoms with E-state index in [1.165, 1.54) is 5.56 Å². The molecule has 1 unspecified atom stereocenters. The first-order valence-electron chi connectivity index (χ1n) is 14.2. The van der Waals surface area contributed by atoms with Crippen LogP contribution in [0.1, 0.15) is 94.2 Å². The van der Waals surface area contributed by atoms with Crippen molar-refractivity contribution >= 4 is 5.91 Å². The van der Waals surface area contributed by atoms with Crippen LogP contribution in [0.3, 0.4) is 0 Å². The maximum absolute atomic E-state index is 12.5. The molecule has 1 atom stereocenters. The molecule has 8 nitrogen and oxygen atoms in total. The summed E-state index contributed by atoms with van der Waals surface area (Å²) in [4.78, 5) is 23.2. The van der Waals surface area contributed by atoms with Crippen LogP contribution < -0.4 is 5.32 Å². The Hall–Kier alpha value is -3.10. The van der Waals surface area contributed by atoms with Gasteiger partial charge in [0, 0.05) is 60.4 Å². The Balaban J connectivity index is 1.40. The lowest BCUT2D eigenvalue weighted by Crippen LogP contribution is -2.63. The lowest BCUT2D eigenvalue weighted by atomic mass is 9.62. The Morgan fingerprint density at radius 1 is 1.15 bits per heavy atom. The van der Waals surface area contributed by atoms with E-state index in [-0.39, 0.29) is 23.3 Å². The van der Waals surface area contributed by atoms with Gasteiger partial charge in [0.15, 0.2) is 0 Å². The van der Waals surface area contributed by atoms with Crippen LogP contribution in [0.4, 0.5) is 0 Å². The number of carbonyl (C=O) groups excluding carboxylic acids is 1. The molecule has 5 rings (SSSR count). The number of rotatable bonds is 8. The van der Waals surface area contributed by atoms with E-state index in [1.807, 2.05) is 13.0 Å². The number of aliphatic hydroxyl groups is 1. The van der Waals surface area contributed by atoms with Gasteiger partial charge in [-0.3, -0.25) is 9.78 Å². The highest BCUT2D eigenvalue weighted by atomic mass is 16.5. The van der Waals surface area contributed by atoms with Gasteiger partial charge >= 0.3 is 0 Å². The van der Waals surface area contributed by atoms with E-state index in [4.69, 9.17) is 9.51 Å². The quantitative estimate of drug-likeness (QED) is 0.422. The SMILES string of the molecule is CCC(=O)N[C@H]1CC[C@@H](c2nc(-c3cncc(C(O)(c4ccc(C(C)C)cc4)C4(C)CN(C)C4)c3)no2)CC1. The fourth-order valence-electron chi connectivity index (χ4n) is 6.44. The standard InChI is InChI=1S/C31H41N5O3/c1-6-27(37)33-26-13-9-22(10-14-26)29-34-28(35-39-29)23-15-25(17-32-16-23)31(38,30(4)18-36(5)19-30)24-11-7-21(8-12-24)20(2)3/h7-8,11-12,15-17,20,22,26,38H,6,9-10,13-14,18-19H2,1-5H3,(H,33,37)/t22-,26+,31?. The van der Waals surface area contributed by atoms with Crippen molar-refractivity contribution in [2.75, 3.05) is 20.1 Å². The molecule has 2 fully saturated rings. The van der Waals surface area contributed by atoms with Crippen molar-refractivity contribution in [3.63, 3.8) is 0 Å². The maximum Gasteiger partial charge on any atom is 0.230 e. The first kappa shape index (κ1) is 27.5. The van der Waals surface area contributed by atoms with Crippen LogP contribution >= 0.6 is 0 Å². The lowest BCUT2D eigenvalue weighted by molar-refractivity contribution is -0.127. The lowest BCUT2D eigenvalue weighted by Gasteiger charge is -2.55. The van der Waals surface area contributed by atoms with Crippen LogP contribution in [0.15, 0.2) is 47.2 Å². The molecule has 1 saturated heterocycles. The van der Waals surface area contributed by atoms with Gasteiger partial charge in [0.25, 0.3) is 0 Å². The van der Waals surface area contributed by atoms with E-state index in [0.717, 1.165) is 55.5 Å². The Kier molecular flexibility index (Phi) is 7.62. The average Bonchev–Trinajstić information content (AvgIpc) is 3.43. The number of carbonyl (C=O) groups is 1. The number of pyridine rings is 1. The van der Waals surface area contributed by atoms with Gasteiger partial charge in [0.2, 0.25) is 17.6 Å². The molecule has 1 aliphatic carbocycles. The first-order valence-corrected chi connectivity index (χ1v) is 14.2. The van der Waals surface area contributed by atoms with Gasteiger partial charge in [0.1, 0.15) is 5.60 Å². The zero-order valence-electron chi connectivity index (χ0n) is 23.8. The van der Waals surface area contributed by atoms with Crippen LogP contribution in [0.2, 0.25) is 0 Å². The summed E-state index contributed by atoms with van der Waals surface area (Å²) < 4.78 is 5.71. The Labute approximate surface area is 231 Å². The summed E-state index contributed by atoms with van der Waals surface area (Å²) in [5.74, 6) is 1.80. The van der Waals surface area contributed by atoms with E-state index >= 15 is 0 Å². The van der Waals surface area contributed by atoms with Crippen molar-refractivity contribution in [1.29, 1.82) is 0 Å². The van der Waals surface area contributed by atoms with Gasteiger partial charge in [0.05, 0.1) is 0 Å². The minimum Gasteiger partial charge on any atom is -0.380 e. The van der Waals surface area contributed by atoms with Crippen molar-refractivity contribution in [1.82, 2.24) is 25.3 Å². The molecule has 1 aliphatic heterocycles. The summed E-state index contributed by atoms with van der Waals surface area (Å²) in [6, 6.07) is 10.5. The van der Waals surface area contributed by atoms with Gasteiger partial charge < -0.3 is 19.8 Å². The van der Waals surface area contributed by atoms with Gasteiger partial charge in [-0.05, 0) is 55.8 Å². The summed E-state index contributed by atoms with van der Waals surface area (Å²) in [6.07, 6.45) is 7.60. The van der Waals surface area contributed by atoms with E-state index in [2.05, 4.69) is 72.4 Å². The highest BCUT2D eigenvalue weighted by molar-refractivity contribution is 5.75. The predicted molar refractivity (Wildman–Crippen MR) is 150 cm³/mol. The van der Waals surface area contributed by atoms with E-state index < -0.39 is 5.60 Å². The Morgan fingerprint density at radius 3 is 2.46 bits per heavy atom. The van der Waals surface area contributed by atoms with Gasteiger partial charge in [-0.1, -0.05) is 57.1 Å². The summed E-state index contributed by atoms with van der Waals surface area (Å²) in [5, 5.41) is 19.9. The molecule has 2 aliphatic rings. The predicted octanol–water partition coefficient (Wildman–Crippen LogP) is 5.00. The number of nitrogens with zero attached hydrogens (tertiary/aromatic N) is 4. The van der Waals surface area contributed by atoms with Gasteiger partial charge in [-0.25, -0.2) is 0 Å². The molecular formula is C31H41N5O3. The topological polar surface area (TPSA) is 104 Å². The van der Waals surface area contributed by atoms with Crippen LogP contribution in [0.5, 0.6) is 0 Å². The van der Waals surface area contributed by atoms with Crippen LogP contribution in [0.25, 0.3) is 11.4 Å². The monoisotopic (exact) mass is 531 g/mol. The summed E-state index contributed by atoms with van der Waals surface area (Å²) in [6.45, 7) is 9.90. The molecule has 2 aromatic heterocycles. The molecule has 0 spiro atoms. The molecule has 39 heavy (non-hydrogen) atoms. The molecule has 3 aromatic rings. The van der Waals surface area contributed by atoms with Crippen molar-refractivity contribution in [3.8, 4) is 11.4 Å². The second-order valence-corrected chi connectivity index (χ2v) is 12.1. The summed E-state index contributed by atoms with van der Waals surface area (Å²) in [5.41, 5.74) is 1.94. The number of hydrogen-bond donors (Lipinski definition) is 2. The molecule has 208 valence electrons. The Morgan fingerprint density at radius 2 is 1.85 bits per heavy atom. The fourth-order valence-corrected chi connectivity index (χ4v) is 6.44. The van der Waals surface area contributed by atoms with E-state index in [1.54, 1.807) is 12.4 Å². The van der Waals surface area contributed by atoms with Crippen molar-refractivity contribution in [2.45, 2.75) is 83.3 Å². The fraction of sp³-hybridized carbons (Fsp3) is 0.548. The third kappa shape index (κ3) is 5.24. The number of benzene rings is 1. The molecule has 3 heterocycles. The molecule has 8 heteroatoms. The van der Waals surface area contributed by atoms with E-state index in [9.17, 15) is 9.90 Å². The zero-order chi connectivity index (χ0) is 27.8. The molecule has 2 N–H and O–H groups in total. The minimum atomic E-state index is -1.23. The third-order valence-electron chi connectivity index (χ3n) is 8.72. The number of amides is 1. The third-order valence-corrected chi connectivity index (χ3v) is 8.72. The highest BCUT2D eigenvalue weighted by Crippen LogP contribution is 2.50. The normalized spacial score (nSPS) is 22.7. The second kappa shape index (κ2) is 10.8. The largest absolute Gasteiger partial charge is 0.380 e. The number of hydrogen-bond acceptors (Lipinski definition) is 7. The highest BCUT2D eigenvalue weighted by Gasteiger charge is 2.55. The number of nitrogens with one attached hydrogen (secondary N) is 1. The molecule has 1 amide bonds.